The quantitative estimate of drug-likeness (QED) is 0.531. The predicted octanol–water partition coefficient (Wildman–Crippen LogP) is 5.20. The smallest absolute Gasteiger partial charge is 0.209 e. The molecule has 0 radical (unpaired) electrons. The highest BCUT2D eigenvalue weighted by molar-refractivity contribution is 7.88. The fourth-order valence-electron chi connectivity index (χ4n) is 10.7. The van der Waals surface area contributed by atoms with Crippen LogP contribution >= 0.6 is 0 Å². The Morgan fingerprint density at radius 1 is 0.973 bits per heavy atom. The lowest BCUT2D eigenvalue weighted by Gasteiger charge is -2.71. The fraction of sp³-hybridized carbons (Fsp3) is 0.833. The number of hydrogen-bond acceptors (Lipinski definition) is 5. The lowest BCUT2D eigenvalue weighted by molar-refractivity contribution is -0.212. The highest BCUT2D eigenvalue weighted by Crippen LogP contribution is 2.74. The number of Topliss-reactive ketones (excluding diaryl/α,β-unsaturated/α-hetero) is 2. The van der Waals surface area contributed by atoms with E-state index in [-0.39, 0.29) is 51.6 Å². The molecule has 0 saturated heterocycles. The second-order valence-corrected chi connectivity index (χ2v) is 16.5. The van der Waals surface area contributed by atoms with Crippen molar-refractivity contribution in [2.75, 3.05) is 6.26 Å². The number of hydrogen-bond donors (Lipinski definition) is 1. The van der Waals surface area contributed by atoms with Gasteiger partial charge in [0.05, 0.1) is 11.8 Å². The molecule has 0 aromatic heterocycles. The molecule has 204 valence electrons. The van der Waals surface area contributed by atoms with Crippen LogP contribution in [0.25, 0.3) is 0 Å². The molecule has 9 atom stereocenters. The van der Waals surface area contributed by atoms with Gasteiger partial charge in [0.25, 0.3) is 0 Å². The zero-order valence-electron chi connectivity index (χ0n) is 23.6. The molecule has 5 rings (SSSR count). The van der Waals surface area contributed by atoms with E-state index in [2.05, 4.69) is 38.5 Å². The molecule has 7 heteroatoms. The maximum atomic E-state index is 14.4. The minimum absolute atomic E-state index is 0.00452. The molecule has 0 amide bonds. The molecule has 2 unspecified atom stereocenters. The number of rotatable bonds is 2. The van der Waals surface area contributed by atoms with Crippen LogP contribution in [0.2, 0.25) is 0 Å². The van der Waals surface area contributed by atoms with Gasteiger partial charge in [-0.15, -0.1) is 0 Å². The third kappa shape index (κ3) is 3.53. The fourth-order valence-corrected chi connectivity index (χ4v) is 11.8. The van der Waals surface area contributed by atoms with Crippen molar-refractivity contribution in [3.8, 4) is 6.07 Å². The van der Waals surface area contributed by atoms with E-state index in [1.165, 1.54) is 6.26 Å². The van der Waals surface area contributed by atoms with Crippen molar-refractivity contribution >= 4 is 21.6 Å². The second-order valence-electron chi connectivity index (χ2n) is 14.7. The largest absolute Gasteiger partial charge is 0.299 e. The summed E-state index contributed by atoms with van der Waals surface area (Å²) < 4.78 is 28.1. The molecule has 0 heterocycles. The molecule has 0 aromatic rings. The first kappa shape index (κ1) is 27.1. The van der Waals surface area contributed by atoms with E-state index < -0.39 is 26.4 Å². The molecule has 0 aliphatic heterocycles. The van der Waals surface area contributed by atoms with Crippen LogP contribution in [-0.4, -0.2) is 31.8 Å². The van der Waals surface area contributed by atoms with Crippen molar-refractivity contribution in [1.82, 2.24) is 4.72 Å². The van der Waals surface area contributed by atoms with Gasteiger partial charge in [-0.25, -0.2) is 13.1 Å². The van der Waals surface area contributed by atoms with Gasteiger partial charge in [0, 0.05) is 23.3 Å². The number of carbonyl (C=O) groups excluding carboxylic acids is 2. The maximum Gasteiger partial charge on any atom is 0.209 e. The van der Waals surface area contributed by atoms with E-state index in [1.54, 1.807) is 0 Å². The van der Waals surface area contributed by atoms with Crippen LogP contribution in [0.15, 0.2) is 11.6 Å². The number of nitrogens with one attached hydrogen (secondary N) is 1. The van der Waals surface area contributed by atoms with Crippen LogP contribution in [-0.2, 0) is 19.6 Å². The van der Waals surface area contributed by atoms with E-state index in [0.29, 0.717) is 12.3 Å². The van der Waals surface area contributed by atoms with Crippen LogP contribution < -0.4 is 4.72 Å². The van der Waals surface area contributed by atoms with Crippen LogP contribution in [0.4, 0.5) is 0 Å². The Morgan fingerprint density at radius 2 is 1.65 bits per heavy atom. The van der Waals surface area contributed by atoms with Gasteiger partial charge >= 0.3 is 0 Å². The summed E-state index contributed by atoms with van der Waals surface area (Å²) >= 11 is 0. The Kier molecular flexibility index (Phi) is 5.86. The molecule has 0 aromatic carbocycles. The number of ketones is 2. The molecule has 37 heavy (non-hydrogen) atoms. The third-order valence-electron chi connectivity index (χ3n) is 12.6. The van der Waals surface area contributed by atoms with Crippen LogP contribution in [0.3, 0.4) is 0 Å². The summed E-state index contributed by atoms with van der Waals surface area (Å²) in [5, 5.41) is 9.86. The molecular formula is C30H44N2O4S. The minimum atomic E-state index is -3.42. The van der Waals surface area contributed by atoms with E-state index in [9.17, 15) is 23.3 Å². The molecule has 0 bridgehead atoms. The van der Waals surface area contributed by atoms with Crippen molar-refractivity contribution < 1.29 is 18.0 Å². The highest BCUT2D eigenvalue weighted by atomic mass is 32.2. The number of nitrogens with zero attached hydrogens (tertiary/aromatic N) is 1. The second kappa shape index (κ2) is 8.01. The van der Waals surface area contributed by atoms with Gasteiger partial charge in [0.2, 0.25) is 10.0 Å². The van der Waals surface area contributed by atoms with Gasteiger partial charge in [-0.3, -0.25) is 9.59 Å². The van der Waals surface area contributed by atoms with Crippen LogP contribution in [0.5, 0.6) is 0 Å². The van der Waals surface area contributed by atoms with Gasteiger partial charge in [0.1, 0.15) is 11.9 Å². The summed E-state index contributed by atoms with van der Waals surface area (Å²) in [5.74, 6) is 0.580. The van der Waals surface area contributed by atoms with Crippen molar-refractivity contribution in [1.29, 1.82) is 5.26 Å². The predicted molar refractivity (Wildman–Crippen MR) is 143 cm³/mol. The first-order valence-electron chi connectivity index (χ1n) is 14.1. The Bertz CT molecular complexity index is 1230. The summed E-state index contributed by atoms with van der Waals surface area (Å²) in [4.78, 5) is 27.6. The molecular weight excluding hydrogens is 484 g/mol. The lowest BCUT2D eigenvalue weighted by atomic mass is 9.32. The minimum Gasteiger partial charge on any atom is -0.299 e. The lowest BCUT2D eigenvalue weighted by Crippen LogP contribution is -2.71. The number of allylic oxidation sites excluding steroid dienone is 2. The summed E-state index contributed by atoms with van der Waals surface area (Å²) in [6.45, 7) is 13.1. The van der Waals surface area contributed by atoms with Crippen molar-refractivity contribution in [3.05, 3.63) is 11.6 Å². The van der Waals surface area contributed by atoms with Gasteiger partial charge in [-0.2, -0.15) is 5.26 Å². The van der Waals surface area contributed by atoms with Gasteiger partial charge in [0.15, 0.2) is 5.78 Å². The molecule has 4 saturated carbocycles. The average Bonchev–Trinajstić information content (AvgIpc) is 2.78. The normalized spacial score (nSPS) is 49.0. The van der Waals surface area contributed by atoms with Crippen LogP contribution in [0, 0.1) is 62.6 Å². The molecule has 5 aliphatic carbocycles. The van der Waals surface area contributed by atoms with E-state index in [4.69, 9.17) is 0 Å². The van der Waals surface area contributed by atoms with Gasteiger partial charge in [-0.1, -0.05) is 47.6 Å². The number of fused-ring (bicyclic) bond motifs is 7. The zero-order valence-corrected chi connectivity index (χ0v) is 24.4. The van der Waals surface area contributed by atoms with E-state index in [0.717, 1.165) is 44.9 Å². The first-order valence-corrected chi connectivity index (χ1v) is 16.0. The monoisotopic (exact) mass is 528 g/mol. The number of nitriles is 1. The molecule has 4 fully saturated rings. The topological polar surface area (TPSA) is 104 Å². The highest BCUT2D eigenvalue weighted by Gasteiger charge is 2.72. The van der Waals surface area contributed by atoms with Crippen LogP contribution in [0.1, 0.15) is 92.9 Å². The third-order valence-corrected chi connectivity index (χ3v) is 13.4. The molecule has 5 aliphatic rings. The number of sulfonamides is 1. The SMILES string of the molecule is C[C@H]1CC[C@]2(NS(C)(=O)=O)CC[C@]3(C)C(C(=O)C[C@@H]4[C@@]5(C)C=C(C#N)C(=O)C(C)(C)[C@@H]5CC[C@]43C)C2C1. The Hall–Kier alpha value is -1.52. The summed E-state index contributed by atoms with van der Waals surface area (Å²) in [6.07, 6.45) is 9.64. The Morgan fingerprint density at radius 3 is 2.27 bits per heavy atom. The Balaban J connectivity index is 1.63. The van der Waals surface area contributed by atoms with E-state index in [1.807, 2.05) is 19.9 Å². The van der Waals surface area contributed by atoms with E-state index >= 15 is 0 Å². The molecule has 0 spiro atoms. The summed E-state index contributed by atoms with van der Waals surface area (Å²) in [6, 6.07) is 2.18. The summed E-state index contributed by atoms with van der Waals surface area (Å²) in [7, 11) is -3.42. The number of carbonyl (C=O) groups is 2. The van der Waals surface area contributed by atoms with Crippen molar-refractivity contribution in [2.45, 2.75) is 98.4 Å². The van der Waals surface area contributed by atoms with Gasteiger partial charge in [-0.05, 0) is 84.9 Å². The molecule has 1 N–H and O–H groups in total. The van der Waals surface area contributed by atoms with Gasteiger partial charge < -0.3 is 0 Å². The molecule has 6 nitrogen and oxygen atoms in total. The Labute approximate surface area is 223 Å². The maximum absolute atomic E-state index is 14.4. The average molecular weight is 529 g/mol. The van der Waals surface area contributed by atoms with Crippen molar-refractivity contribution in [3.63, 3.8) is 0 Å². The summed E-state index contributed by atoms with van der Waals surface area (Å²) in [5.41, 5.74) is -1.78. The zero-order chi connectivity index (χ0) is 27.4. The van der Waals surface area contributed by atoms with Crippen molar-refractivity contribution in [2.24, 2.45) is 51.2 Å². The standard InChI is InChI=1S/C30H44N2O4S/c1-18-8-11-30(32-37(7,35)36)13-12-29(6)24(20(30)14-18)21(33)15-23-27(4)16-19(17-31)25(34)26(2,3)22(27)9-10-28(23,29)5/h16,18,20,22-24,32H,8-15H2,1-7H3/t18-,20?,22-,23+,24?,27-,28+,29+,30-/m0/s1. The first-order chi connectivity index (χ1) is 17.0.